The van der Waals surface area contributed by atoms with Crippen LogP contribution in [-0.4, -0.2) is 29.7 Å². The van der Waals surface area contributed by atoms with E-state index < -0.39 is 5.97 Å². The molecule has 2 rings (SSSR count). The molecule has 0 atom stereocenters. The lowest BCUT2D eigenvalue weighted by Crippen LogP contribution is -2.27. The van der Waals surface area contributed by atoms with Gasteiger partial charge in [0.1, 0.15) is 11.0 Å². The summed E-state index contributed by atoms with van der Waals surface area (Å²) in [4.78, 5) is 17.2. The van der Waals surface area contributed by atoms with Crippen molar-refractivity contribution >= 4 is 23.4 Å². The van der Waals surface area contributed by atoms with Crippen LogP contribution in [0.15, 0.2) is 12.1 Å². The summed E-state index contributed by atoms with van der Waals surface area (Å²) in [7, 11) is 1.94. The highest BCUT2D eigenvalue weighted by atomic mass is 35.5. The second-order valence-corrected chi connectivity index (χ2v) is 5.61. The molecule has 4 nitrogen and oxygen atoms in total. The number of carboxylic acid groups (broad SMARTS) is 1. The summed E-state index contributed by atoms with van der Waals surface area (Å²) >= 11 is 5.88. The fraction of sp³-hybridized carbons (Fsp3) is 0.571. The summed E-state index contributed by atoms with van der Waals surface area (Å²) in [5.41, 5.74) is 0.186. The normalized spacial score (nSPS) is 16.3. The first-order chi connectivity index (χ1) is 9.06. The summed E-state index contributed by atoms with van der Waals surface area (Å²) in [6.07, 6.45) is 6.41. The van der Waals surface area contributed by atoms with Gasteiger partial charge < -0.3 is 10.0 Å². The molecule has 1 N–H and O–H groups in total. The minimum atomic E-state index is -0.975. The van der Waals surface area contributed by atoms with Gasteiger partial charge >= 0.3 is 5.97 Å². The molecule has 1 fully saturated rings. The van der Waals surface area contributed by atoms with Crippen LogP contribution in [0, 0.1) is 5.92 Å². The van der Waals surface area contributed by atoms with Crippen molar-refractivity contribution < 1.29 is 9.90 Å². The SMILES string of the molecule is CN(CC1CCCCC1)c1cc(C(=O)O)cc(Cl)n1. The second kappa shape index (κ2) is 6.24. The predicted molar refractivity (Wildman–Crippen MR) is 76.1 cm³/mol. The van der Waals surface area contributed by atoms with Crippen molar-refractivity contribution in [3.05, 3.63) is 22.8 Å². The zero-order valence-corrected chi connectivity index (χ0v) is 11.9. The number of hydrogen-bond donors (Lipinski definition) is 1. The summed E-state index contributed by atoms with van der Waals surface area (Å²) in [5.74, 6) is 0.333. The smallest absolute Gasteiger partial charge is 0.335 e. The molecule has 0 saturated heterocycles. The van der Waals surface area contributed by atoms with Gasteiger partial charge in [-0.25, -0.2) is 9.78 Å². The third kappa shape index (κ3) is 3.83. The maximum absolute atomic E-state index is 11.0. The van der Waals surface area contributed by atoms with Gasteiger partial charge in [-0.05, 0) is 30.9 Å². The molecule has 0 bridgehead atoms. The molecule has 19 heavy (non-hydrogen) atoms. The molecule has 1 heterocycles. The lowest BCUT2D eigenvalue weighted by Gasteiger charge is -2.27. The van der Waals surface area contributed by atoms with Crippen LogP contribution in [-0.2, 0) is 0 Å². The van der Waals surface area contributed by atoms with Crippen molar-refractivity contribution in [3.63, 3.8) is 0 Å². The van der Waals surface area contributed by atoms with E-state index in [-0.39, 0.29) is 10.7 Å². The number of anilines is 1. The molecule has 0 radical (unpaired) electrons. The monoisotopic (exact) mass is 282 g/mol. The lowest BCUT2D eigenvalue weighted by atomic mass is 9.89. The van der Waals surface area contributed by atoms with Crippen molar-refractivity contribution in [2.75, 3.05) is 18.5 Å². The third-order valence-corrected chi connectivity index (χ3v) is 3.87. The van der Waals surface area contributed by atoms with Crippen molar-refractivity contribution in [2.45, 2.75) is 32.1 Å². The second-order valence-electron chi connectivity index (χ2n) is 5.23. The highest BCUT2D eigenvalue weighted by molar-refractivity contribution is 6.29. The summed E-state index contributed by atoms with van der Waals surface area (Å²) in [6, 6.07) is 2.96. The molecule has 1 aliphatic carbocycles. The van der Waals surface area contributed by atoms with Gasteiger partial charge in [-0.15, -0.1) is 0 Å². The van der Waals surface area contributed by atoms with E-state index in [0.717, 1.165) is 6.54 Å². The maximum atomic E-state index is 11.0. The fourth-order valence-corrected chi connectivity index (χ4v) is 2.86. The van der Waals surface area contributed by atoms with Crippen LogP contribution in [0.1, 0.15) is 42.5 Å². The number of nitrogens with zero attached hydrogens (tertiary/aromatic N) is 2. The molecule has 1 saturated carbocycles. The maximum Gasteiger partial charge on any atom is 0.335 e. The van der Waals surface area contributed by atoms with E-state index in [1.807, 2.05) is 11.9 Å². The van der Waals surface area contributed by atoms with Crippen LogP contribution in [0.2, 0.25) is 5.15 Å². The van der Waals surface area contributed by atoms with Crippen molar-refractivity contribution in [1.82, 2.24) is 4.98 Å². The van der Waals surface area contributed by atoms with Crippen LogP contribution >= 0.6 is 11.6 Å². The van der Waals surface area contributed by atoms with E-state index in [4.69, 9.17) is 16.7 Å². The van der Waals surface area contributed by atoms with Crippen LogP contribution in [0.25, 0.3) is 0 Å². The molecule has 5 heteroatoms. The molecule has 1 aromatic heterocycles. The summed E-state index contributed by atoms with van der Waals surface area (Å²) in [6.45, 7) is 0.909. The van der Waals surface area contributed by atoms with Gasteiger partial charge in [-0.3, -0.25) is 0 Å². The zero-order valence-electron chi connectivity index (χ0n) is 11.1. The first-order valence-corrected chi connectivity index (χ1v) is 7.06. The number of hydrogen-bond acceptors (Lipinski definition) is 3. The van der Waals surface area contributed by atoms with Gasteiger partial charge in [-0.2, -0.15) is 0 Å². The van der Waals surface area contributed by atoms with Crippen molar-refractivity contribution in [1.29, 1.82) is 0 Å². The topological polar surface area (TPSA) is 53.4 Å². The van der Waals surface area contributed by atoms with Gasteiger partial charge in [0.2, 0.25) is 0 Å². The Kier molecular flexibility index (Phi) is 4.64. The Bertz CT molecular complexity index is 459. The number of pyridine rings is 1. The van der Waals surface area contributed by atoms with Gasteiger partial charge in [0.05, 0.1) is 5.56 Å². The largest absolute Gasteiger partial charge is 0.478 e. The minimum absolute atomic E-state index is 0.186. The Morgan fingerprint density at radius 2 is 2.11 bits per heavy atom. The molecule has 0 aliphatic heterocycles. The number of rotatable bonds is 4. The first kappa shape index (κ1) is 14.1. The molecular formula is C14H19ClN2O2. The minimum Gasteiger partial charge on any atom is -0.478 e. The highest BCUT2D eigenvalue weighted by Crippen LogP contribution is 2.26. The molecule has 1 aliphatic rings. The van der Waals surface area contributed by atoms with E-state index in [1.54, 1.807) is 6.07 Å². The standard InChI is InChI=1S/C14H19ClN2O2/c1-17(9-10-5-3-2-4-6-10)13-8-11(14(18)19)7-12(15)16-13/h7-8,10H,2-6,9H2,1H3,(H,18,19). The van der Waals surface area contributed by atoms with E-state index in [9.17, 15) is 4.79 Å². The van der Waals surface area contributed by atoms with Crippen LogP contribution in [0.5, 0.6) is 0 Å². The number of aromatic carboxylic acids is 1. The molecule has 0 aromatic carbocycles. The number of carbonyl (C=O) groups is 1. The Morgan fingerprint density at radius 1 is 1.42 bits per heavy atom. The number of halogens is 1. The Balaban J connectivity index is 2.09. The van der Waals surface area contributed by atoms with E-state index in [2.05, 4.69) is 4.98 Å². The summed E-state index contributed by atoms with van der Waals surface area (Å²) < 4.78 is 0. The Labute approximate surface area is 118 Å². The van der Waals surface area contributed by atoms with Crippen molar-refractivity contribution in [3.8, 4) is 0 Å². The molecule has 0 spiro atoms. The molecule has 1 aromatic rings. The Morgan fingerprint density at radius 3 is 2.74 bits per heavy atom. The average molecular weight is 283 g/mol. The van der Waals surface area contributed by atoms with E-state index >= 15 is 0 Å². The van der Waals surface area contributed by atoms with Crippen LogP contribution in [0.4, 0.5) is 5.82 Å². The number of carboxylic acids is 1. The molecule has 0 amide bonds. The van der Waals surface area contributed by atoms with Gasteiger partial charge in [0.25, 0.3) is 0 Å². The lowest BCUT2D eigenvalue weighted by molar-refractivity contribution is 0.0697. The summed E-state index contributed by atoms with van der Waals surface area (Å²) in [5, 5.41) is 9.26. The zero-order chi connectivity index (χ0) is 13.8. The van der Waals surface area contributed by atoms with E-state index in [0.29, 0.717) is 11.7 Å². The third-order valence-electron chi connectivity index (χ3n) is 3.68. The quantitative estimate of drug-likeness (QED) is 0.860. The van der Waals surface area contributed by atoms with Crippen LogP contribution in [0.3, 0.4) is 0 Å². The molecule has 0 unspecified atom stereocenters. The average Bonchev–Trinajstić information content (AvgIpc) is 2.39. The number of aromatic nitrogens is 1. The van der Waals surface area contributed by atoms with Gasteiger partial charge in [-0.1, -0.05) is 30.9 Å². The van der Waals surface area contributed by atoms with Gasteiger partial charge in [0.15, 0.2) is 0 Å². The first-order valence-electron chi connectivity index (χ1n) is 6.68. The predicted octanol–water partition coefficient (Wildman–Crippen LogP) is 3.45. The molecule has 104 valence electrons. The highest BCUT2D eigenvalue weighted by Gasteiger charge is 2.17. The van der Waals surface area contributed by atoms with Gasteiger partial charge in [0, 0.05) is 13.6 Å². The molecular weight excluding hydrogens is 264 g/mol. The van der Waals surface area contributed by atoms with Crippen LogP contribution < -0.4 is 4.90 Å². The van der Waals surface area contributed by atoms with Crippen molar-refractivity contribution in [2.24, 2.45) is 5.92 Å². The Hall–Kier alpha value is -1.29. The fourth-order valence-electron chi connectivity index (χ4n) is 2.65. The van der Waals surface area contributed by atoms with E-state index in [1.165, 1.54) is 38.2 Å².